The van der Waals surface area contributed by atoms with Gasteiger partial charge in [-0.2, -0.15) is 13.2 Å². The lowest BCUT2D eigenvalue weighted by Gasteiger charge is -2.19. The molecule has 0 bridgehead atoms. The Morgan fingerprint density at radius 1 is 1.37 bits per heavy atom. The van der Waals surface area contributed by atoms with Gasteiger partial charge in [0.1, 0.15) is 0 Å². The fourth-order valence-corrected chi connectivity index (χ4v) is 2.37. The number of carbonyl (C=O) groups is 1. The van der Waals surface area contributed by atoms with Crippen molar-refractivity contribution in [2.45, 2.75) is 26.4 Å². The molecule has 1 saturated heterocycles. The van der Waals surface area contributed by atoms with Gasteiger partial charge in [-0.3, -0.25) is 4.79 Å². The molecule has 1 unspecified atom stereocenters. The van der Waals surface area contributed by atoms with E-state index >= 15 is 0 Å². The highest BCUT2D eigenvalue weighted by Crippen LogP contribution is 2.33. The highest BCUT2D eigenvalue weighted by molar-refractivity contribution is 5.96. The van der Waals surface area contributed by atoms with E-state index in [4.69, 9.17) is 0 Å². The number of amides is 1. The summed E-state index contributed by atoms with van der Waals surface area (Å²) in [6.45, 7) is 4.74. The van der Waals surface area contributed by atoms with Gasteiger partial charge in [0, 0.05) is 13.1 Å². The zero-order valence-electron chi connectivity index (χ0n) is 10.9. The second-order valence-electron chi connectivity index (χ2n) is 5.19. The highest BCUT2D eigenvalue weighted by atomic mass is 19.4. The molecule has 19 heavy (non-hydrogen) atoms. The predicted octanol–water partition coefficient (Wildman–Crippen LogP) is 3.50. The zero-order valence-corrected chi connectivity index (χ0v) is 10.9. The molecule has 1 aromatic carbocycles. The lowest BCUT2D eigenvalue weighted by molar-refractivity contribution is -0.138. The normalized spacial score (nSPS) is 19.8. The van der Waals surface area contributed by atoms with E-state index in [0.717, 1.165) is 12.5 Å². The van der Waals surface area contributed by atoms with E-state index in [9.17, 15) is 18.0 Å². The number of carbonyl (C=O) groups excluding carboxylic acids is 1. The fraction of sp³-hybridized carbons (Fsp3) is 0.500. The van der Waals surface area contributed by atoms with Crippen LogP contribution in [0.2, 0.25) is 0 Å². The number of alkyl halides is 3. The smallest absolute Gasteiger partial charge is 0.338 e. The average molecular weight is 271 g/mol. The number of rotatable bonds is 1. The summed E-state index contributed by atoms with van der Waals surface area (Å²) in [6, 6.07) is 3.70. The van der Waals surface area contributed by atoms with Crippen LogP contribution in [0.4, 0.5) is 13.2 Å². The van der Waals surface area contributed by atoms with Crippen molar-refractivity contribution in [3.63, 3.8) is 0 Å². The lowest BCUT2D eigenvalue weighted by Crippen LogP contribution is -2.30. The molecule has 1 aliphatic heterocycles. The molecule has 0 saturated carbocycles. The first-order valence-corrected chi connectivity index (χ1v) is 6.26. The Bertz CT molecular complexity index is 496. The summed E-state index contributed by atoms with van der Waals surface area (Å²) in [5.41, 5.74) is -0.423. The molecule has 1 fully saturated rings. The minimum Gasteiger partial charge on any atom is -0.338 e. The Labute approximate surface area is 110 Å². The molecule has 0 N–H and O–H groups in total. The van der Waals surface area contributed by atoms with Crippen LogP contribution in [0.25, 0.3) is 0 Å². The SMILES string of the molecule is Cc1ccc(C(F)(F)F)c(C(=O)N2CCC(C)C2)c1. The molecule has 0 aromatic heterocycles. The Hall–Kier alpha value is -1.52. The van der Waals surface area contributed by atoms with E-state index in [1.54, 1.807) is 6.92 Å². The quantitative estimate of drug-likeness (QED) is 0.765. The van der Waals surface area contributed by atoms with Crippen LogP contribution in [-0.2, 0) is 6.18 Å². The predicted molar refractivity (Wildman–Crippen MR) is 65.9 cm³/mol. The summed E-state index contributed by atoms with van der Waals surface area (Å²) in [4.78, 5) is 13.7. The maximum Gasteiger partial charge on any atom is 0.417 e. The van der Waals surface area contributed by atoms with Crippen LogP contribution in [0, 0.1) is 12.8 Å². The molecule has 5 heteroatoms. The number of halogens is 3. The third-order valence-corrected chi connectivity index (χ3v) is 3.42. The van der Waals surface area contributed by atoms with Gasteiger partial charge in [-0.15, -0.1) is 0 Å². The topological polar surface area (TPSA) is 20.3 Å². The first kappa shape index (κ1) is 13.9. The van der Waals surface area contributed by atoms with Gasteiger partial charge in [0.15, 0.2) is 0 Å². The van der Waals surface area contributed by atoms with Crippen molar-refractivity contribution >= 4 is 5.91 Å². The van der Waals surface area contributed by atoms with Crippen molar-refractivity contribution in [3.8, 4) is 0 Å². The van der Waals surface area contributed by atoms with E-state index in [0.29, 0.717) is 24.6 Å². The van der Waals surface area contributed by atoms with Gasteiger partial charge < -0.3 is 4.90 Å². The van der Waals surface area contributed by atoms with Gasteiger partial charge in [-0.1, -0.05) is 18.6 Å². The molecule has 0 aliphatic carbocycles. The molecule has 1 atom stereocenters. The molecule has 2 rings (SSSR count). The molecule has 104 valence electrons. The molecule has 1 heterocycles. The molecule has 1 aromatic rings. The van der Waals surface area contributed by atoms with Crippen LogP contribution in [0.5, 0.6) is 0 Å². The highest BCUT2D eigenvalue weighted by Gasteiger charge is 2.37. The maximum absolute atomic E-state index is 12.9. The molecule has 1 aliphatic rings. The van der Waals surface area contributed by atoms with Gasteiger partial charge in [0.2, 0.25) is 0 Å². The van der Waals surface area contributed by atoms with Crippen molar-refractivity contribution in [3.05, 3.63) is 34.9 Å². The minimum absolute atomic E-state index is 0.235. The van der Waals surface area contributed by atoms with Crippen LogP contribution in [0.15, 0.2) is 18.2 Å². The van der Waals surface area contributed by atoms with Crippen LogP contribution in [0.1, 0.15) is 34.8 Å². The average Bonchev–Trinajstić information content (AvgIpc) is 2.73. The van der Waals surface area contributed by atoms with Crippen molar-refractivity contribution in [1.29, 1.82) is 0 Å². The summed E-state index contributed by atoms with van der Waals surface area (Å²) in [7, 11) is 0. The van der Waals surface area contributed by atoms with Crippen molar-refractivity contribution in [2.24, 2.45) is 5.92 Å². The summed E-state index contributed by atoms with van der Waals surface area (Å²) < 4.78 is 38.8. The second kappa shape index (κ2) is 4.87. The summed E-state index contributed by atoms with van der Waals surface area (Å²) in [5, 5.41) is 0. The second-order valence-corrected chi connectivity index (χ2v) is 5.19. The third kappa shape index (κ3) is 2.91. The standard InChI is InChI=1S/C14H16F3NO/c1-9-3-4-12(14(15,16)17)11(7-9)13(19)18-6-5-10(2)8-18/h3-4,7,10H,5-6,8H2,1-2H3. The first-order chi connectivity index (χ1) is 8.79. The van der Waals surface area contributed by atoms with Crippen LogP contribution >= 0.6 is 0 Å². The Balaban J connectivity index is 2.38. The third-order valence-electron chi connectivity index (χ3n) is 3.42. The summed E-state index contributed by atoms with van der Waals surface area (Å²) in [5.74, 6) is -0.163. The van der Waals surface area contributed by atoms with Crippen LogP contribution in [0.3, 0.4) is 0 Å². The molecule has 0 spiro atoms. The van der Waals surface area contributed by atoms with Crippen molar-refractivity contribution in [1.82, 2.24) is 4.90 Å². The number of aryl methyl sites for hydroxylation is 1. The number of nitrogens with zero attached hydrogens (tertiary/aromatic N) is 1. The van der Waals surface area contributed by atoms with E-state index in [2.05, 4.69) is 0 Å². The Kier molecular flexibility index (Phi) is 3.56. The van der Waals surface area contributed by atoms with E-state index in [1.807, 2.05) is 6.92 Å². The molecule has 1 amide bonds. The van der Waals surface area contributed by atoms with Crippen LogP contribution in [-0.4, -0.2) is 23.9 Å². The zero-order chi connectivity index (χ0) is 14.2. The van der Waals surface area contributed by atoms with Gasteiger partial charge in [0.25, 0.3) is 5.91 Å². The van der Waals surface area contributed by atoms with Gasteiger partial charge >= 0.3 is 6.18 Å². The Morgan fingerprint density at radius 3 is 2.58 bits per heavy atom. The minimum atomic E-state index is -4.50. The van der Waals surface area contributed by atoms with Crippen LogP contribution < -0.4 is 0 Å². The van der Waals surface area contributed by atoms with Gasteiger partial charge in [-0.25, -0.2) is 0 Å². The molecular formula is C14H16F3NO. The molecular weight excluding hydrogens is 255 g/mol. The monoisotopic (exact) mass is 271 g/mol. The summed E-state index contributed by atoms with van der Waals surface area (Å²) >= 11 is 0. The van der Waals surface area contributed by atoms with Crippen molar-refractivity contribution < 1.29 is 18.0 Å². The maximum atomic E-state index is 12.9. The fourth-order valence-electron chi connectivity index (χ4n) is 2.37. The summed E-state index contributed by atoms with van der Waals surface area (Å²) in [6.07, 6.45) is -3.65. The lowest BCUT2D eigenvalue weighted by atomic mass is 10.0. The number of hydrogen-bond acceptors (Lipinski definition) is 1. The molecule has 2 nitrogen and oxygen atoms in total. The largest absolute Gasteiger partial charge is 0.417 e. The van der Waals surface area contributed by atoms with E-state index < -0.39 is 17.6 Å². The van der Waals surface area contributed by atoms with Crippen molar-refractivity contribution in [2.75, 3.05) is 13.1 Å². The Morgan fingerprint density at radius 2 is 2.05 bits per heavy atom. The van der Waals surface area contributed by atoms with E-state index in [1.165, 1.54) is 17.0 Å². The van der Waals surface area contributed by atoms with E-state index in [-0.39, 0.29) is 5.56 Å². The van der Waals surface area contributed by atoms with Gasteiger partial charge in [-0.05, 0) is 31.4 Å². The first-order valence-electron chi connectivity index (χ1n) is 6.26. The molecule has 0 radical (unpaired) electrons. The van der Waals surface area contributed by atoms with Gasteiger partial charge in [0.05, 0.1) is 11.1 Å². The number of benzene rings is 1. The number of hydrogen-bond donors (Lipinski definition) is 0. The number of likely N-dealkylation sites (tertiary alicyclic amines) is 1.